The quantitative estimate of drug-likeness (QED) is 0.928. The molecule has 5 heteroatoms. The van der Waals surface area contributed by atoms with Crippen molar-refractivity contribution in [2.24, 2.45) is 5.73 Å². The van der Waals surface area contributed by atoms with Crippen LogP contribution in [0.4, 0.5) is 4.39 Å². The summed E-state index contributed by atoms with van der Waals surface area (Å²) in [4.78, 5) is 4.05. The number of nitrogens with zero attached hydrogens (tertiary/aromatic N) is 1. The van der Waals surface area contributed by atoms with Gasteiger partial charge in [0.2, 0.25) is 0 Å². The molecule has 0 bridgehead atoms. The molecule has 0 saturated heterocycles. The molecule has 2 rings (SSSR count). The summed E-state index contributed by atoms with van der Waals surface area (Å²) in [6.45, 7) is 0. The normalized spacial score (nSPS) is 12.4. The maximum atomic E-state index is 13.6. The molecule has 0 aliphatic carbocycles. The van der Waals surface area contributed by atoms with Gasteiger partial charge in [-0.05, 0) is 52.2 Å². The highest BCUT2D eigenvalue weighted by atomic mass is 79.9. The van der Waals surface area contributed by atoms with Gasteiger partial charge in [0.15, 0.2) is 0 Å². The Morgan fingerprint density at radius 3 is 2.83 bits per heavy atom. The predicted molar refractivity (Wildman–Crippen MR) is 74.0 cm³/mol. The lowest BCUT2D eigenvalue weighted by Gasteiger charge is -2.13. The summed E-state index contributed by atoms with van der Waals surface area (Å²) < 4.78 is 14.5. The van der Waals surface area contributed by atoms with E-state index in [1.54, 1.807) is 18.5 Å². The van der Waals surface area contributed by atoms with E-state index in [2.05, 4.69) is 20.9 Å². The first-order valence-electron chi connectivity index (χ1n) is 5.36. The minimum Gasteiger partial charge on any atom is -0.324 e. The Hall–Kier alpha value is -0.970. The van der Waals surface area contributed by atoms with Crippen molar-refractivity contribution in [3.05, 3.63) is 63.1 Å². The molecule has 1 aromatic heterocycles. The number of aromatic nitrogens is 1. The number of nitrogens with two attached hydrogens (primary N) is 1. The average molecular weight is 330 g/mol. The van der Waals surface area contributed by atoms with Crippen LogP contribution >= 0.6 is 27.5 Å². The van der Waals surface area contributed by atoms with Crippen LogP contribution in [0, 0.1) is 5.82 Å². The van der Waals surface area contributed by atoms with Crippen molar-refractivity contribution < 1.29 is 4.39 Å². The van der Waals surface area contributed by atoms with Crippen molar-refractivity contribution in [3.63, 3.8) is 0 Å². The van der Waals surface area contributed by atoms with E-state index in [1.165, 1.54) is 12.1 Å². The van der Waals surface area contributed by atoms with Crippen molar-refractivity contribution in [1.29, 1.82) is 0 Å². The topological polar surface area (TPSA) is 38.9 Å². The van der Waals surface area contributed by atoms with Gasteiger partial charge in [0.05, 0.1) is 0 Å². The molecule has 1 atom stereocenters. The highest BCUT2D eigenvalue weighted by molar-refractivity contribution is 9.10. The lowest BCUT2D eigenvalue weighted by Crippen LogP contribution is -2.15. The molecular formula is C13H11BrClFN2. The molecule has 2 aromatic rings. The number of hydrogen-bond donors (Lipinski definition) is 1. The maximum Gasteiger partial charge on any atom is 0.128 e. The third-order valence-corrected chi connectivity index (χ3v) is 3.24. The van der Waals surface area contributed by atoms with E-state index in [9.17, 15) is 4.39 Å². The molecule has 1 aromatic carbocycles. The number of halogens is 3. The van der Waals surface area contributed by atoms with Gasteiger partial charge in [-0.2, -0.15) is 0 Å². The fourth-order valence-corrected chi connectivity index (χ4v) is 2.32. The largest absolute Gasteiger partial charge is 0.324 e. The molecule has 0 aliphatic heterocycles. The van der Waals surface area contributed by atoms with Gasteiger partial charge >= 0.3 is 0 Å². The lowest BCUT2D eigenvalue weighted by atomic mass is 10.0. The van der Waals surface area contributed by atoms with Crippen LogP contribution in [0.3, 0.4) is 0 Å². The van der Waals surface area contributed by atoms with Crippen molar-refractivity contribution in [2.45, 2.75) is 12.5 Å². The first-order valence-corrected chi connectivity index (χ1v) is 6.53. The Morgan fingerprint density at radius 2 is 2.11 bits per heavy atom. The van der Waals surface area contributed by atoms with E-state index >= 15 is 0 Å². The fourth-order valence-electron chi connectivity index (χ4n) is 1.73. The fraction of sp³-hybridized carbons (Fsp3) is 0.154. The molecule has 0 fully saturated rings. The zero-order chi connectivity index (χ0) is 13.1. The number of pyridine rings is 1. The molecule has 0 amide bonds. The first-order chi connectivity index (χ1) is 8.56. The molecule has 2 N–H and O–H groups in total. The number of benzene rings is 1. The summed E-state index contributed by atoms with van der Waals surface area (Å²) in [5, 5.41) is 0.481. The van der Waals surface area contributed by atoms with Gasteiger partial charge < -0.3 is 5.73 Å². The Morgan fingerprint density at radius 1 is 1.33 bits per heavy atom. The predicted octanol–water partition coefficient (Wildman–Crippen LogP) is 3.88. The van der Waals surface area contributed by atoms with Crippen molar-refractivity contribution >= 4 is 27.5 Å². The van der Waals surface area contributed by atoms with E-state index in [0.717, 1.165) is 10.0 Å². The summed E-state index contributed by atoms with van der Waals surface area (Å²) in [5.41, 5.74) is 7.37. The minimum absolute atomic E-state index is 0.338. The second kappa shape index (κ2) is 5.78. The molecule has 0 spiro atoms. The molecular weight excluding hydrogens is 319 g/mol. The first kappa shape index (κ1) is 13.5. The molecule has 18 heavy (non-hydrogen) atoms. The van der Waals surface area contributed by atoms with Crippen LogP contribution in [0.15, 0.2) is 41.1 Å². The number of hydrogen-bond acceptors (Lipinski definition) is 2. The lowest BCUT2D eigenvalue weighted by molar-refractivity contribution is 0.580. The van der Waals surface area contributed by atoms with Crippen LogP contribution < -0.4 is 5.73 Å². The minimum atomic E-state index is -0.445. The van der Waals surface area contributed by atoms with E-state index in [0.29, 0.717) is 17.0 Å². The smallest absolute Gasteiger partial charge is 0.128 e. The second-order valence-electron chi connectivity index (χ2n) is 3.99. The summed E-state index contributed by atoms with van der Waals surface area (Å²) in [5.74, 6) is -0.338. The van der Waals surface area contributed by atoms with Crippen molar-refractivity contribution in [1.82, 2.24) is 4.98 Å². The summed E-state index contributed by atoms with van der Waals surface area (Å²) in [6.07, 6.45) is 3.91. The molecule has 2 nitrogen and oxygen atoms in total. The molecule has 94 valence electrons. The Labute approximate surface area is 118 Å². The maximum absolute atomic E-state index is 13.6. The second-order valence-corrected chi connectivity index (χ2v) is 5.34. The van der Waals surface area contributed by atoms with Gasteiger partial charge in [0, 0.05) is 33.5 Å². The van der Waals surface area contributed by atoms with Gasteiger partial charge in [-0.15, -0.1) is 0 Å². The van der Waals surface area contributed by atoms with Crippen molar-refractivity contribution in [3.8, 4) is 0 Å². The molecule has 0 radical (unpaired) electrons. The van der Waals surface area contributed by atoms with E-state index in [4.69, 9.17) is 17.3 Å². The van der Waals surface area contributed by atoms with Crippen LogP contribution in [0.2, 0.25) is 5.02 Å². The number of rotatable bonds is 3. The molecule has 1 unspecified atom stereocenters. The summed E-state index contributed by atoms with van der Waals surface area (Å²) in [7, 11) is 0. The van der Waals surface area contributed by atoms with Crippen LogP contribution in [0.1, 0.15) is 17.2 Å². The molecule has 1 heterocycles. The highest BCUT2D eigenvalue weighted by Crippen LogP contribution is 2.23. The zero-order valence-corrected chi connectivity index (χ0v) is 11.7. The summed E-state index contributed by atoms with van der Waals surface area (Å²) in [6, 6.07) is 5.87. The van der Waals surface area contributed by atoms with Crippen LogP contribution in [-0.4, -0.2) is 4.98 Å². The van der Waals surface area contributed by atoms with E-state index in [1.807, 2.05) is 6.07 Å². The standard InChI is InChI=1S/C13H11BrClFN2/c14-9-3-8(6-18-7-9)4-13(17)11-5-10(15)1-2-12(11)16/h1-3,5-7,13H,4,17H2. The average Bonchev–Trinajstić information content (AvgIpc) is 2.32. The van der Waals surface area contributed by atoms with Gasteiger partial charge in [0.1, 0.15) is 5.82 Å². The molecule has 0 saturated carbocycles. The summed E-state index contributed by atoms with van der Waals surface area (Å²) >= 11 is 9.18. The van der Waals surface area contributed by atoms with E-state index in [-0.39, 0.29) is 5.82 Å². The Bertz CT molecular complexity index is 562. The monoisotopic (exact) mass is 328 g/mol. The van der Waals surface area contributed by atoms with Crippen LogP contribution in [0.5, 0.6) is 0 Å². The Balaban J connectivity index is 2.21. The molecule has 0 aliphatic rings. The van der Waals surface area contributed by atoms with Gasteiger partial charge in [-0.3, -0.25) is 4.98 Å². The third-order valence-electron chi connectivity index (χ3n) is 2.57. The van der Waals surface area contributed by atoms with Crippen LogP contribution in [-0.2, 0) is 6.42 Å². The van der Waals surface area contributed by atoms with Gasteiger partial charge in [0.25, 0.3) is 0 Å². The van der Waals surface area contributed by atoms with E-state index < -0.39 is 6.04 Å². The van der Waals surface area contributed by atoms with Crippen LogP contribution in [0.25, 0.3) is 0 Å². The third kappa shape index (κ3) is 3.28. The zero-order valence-electron chi connectivity index (χ0n) is 9.41. The van der Waals surface area contributed by atoms with Gasteiger partial charge in [-0.25, -0.2) is 4.39 Å². The highest BCUT2D eigenvalue weighted by Gasteiger charge is 2.13. The SMILES string of the molecule is NC(Cc1cncc(Br)c1)c1cc(Cl)ccc1F. The Kier molecular flexibility index (Phi) is 4.32. The van der Waals surface area contributed by atoms with Crippen molar-refractivity contribution in [2.75, 3.05) is 0 Å². The van der Waals surface area contributed by atoms with Gasteiger partial charge in [-0.1, -0.05) is 11.6 Å².